The van der Waals surface area contributed by atoms with Crippen molar-refractivity contribution >= 4 is 15.9 Å². The number of rotatable bonds is 7. The van der Waals surface area contributed by atoms with Crippen molar-refractivity contribution in [3.63, 3.8) is 0 Å². The van der Waals surface area contributed by atoms with Gasteiger partial charge in [-0.1, -0.05) is 31.7 Å². The van der Waals surface area contributed by atoms with E-state index in [9.17, 15) is 13.2 Å². The molecule has 1 amide bonds. The molecule has 2 aliphatic carbocycles. The van der Waals surface area contributed by atoms with Crippen LogP contribution in [-0.4, -0.2) is 45.5 Å². The summed E-state index contributed by atoms with van der Waals surface area (Å²) >= 11 is 0. The maximum Gasteiger partial charge on any atom is 0.240 e. The first-order valence-corrected chi connectivity index (χ1v) is 12.9. The molecule has 0 radical (unpaired) electrons. The third kappa shape index (κ3) is 4.37. The maximum atomic E-state index is 12.9. The van der Waals surface area contributed by atoms with E-state index in [-0.39, 0.29) is 22.3 Å². The van der Waals surface area contributed by atoms with Gasteiger partial charge in [-0.2, -0.15) is 0 Å². The highest BCUT2D eigenvalue weighted by atomic mass is 32.2. The van der Waals surface area contributed by atoms with Crippen molar-refractivity contribution in [2.75, 3.05) is 20.2 Å². The summed E-state index contributed by atoms with van der Waals surface area (Å²) in [7, 11) is -2.10. The number of ether oxygens (including phenoxy) is 1. The van der Waals surface area contributed by atoms with E-state index >= 15 is 0 Å². The molecular formula is C23H34N2O4S. The Bertz CT molecular complexity index is 866. The number of likely N-dealkylation sites (tertiary alicyclic amines) is 1. The smallest absolute Gasteiger partial charge is 0.240 e. The number of hydrogen-bond donors (Lipinski definition) is 1. The quantitative estimate of drug-likeness (QED) is 0.710. The van der Waals surface area contributed by atoms with Crippen LogP contribution in [0.15, 0.2) is 29.2 Å². The summed E-state index contributed by atoms with van der Waals surface area (Å²) in [6.45, 7) is 1.25. The van der Waals surface area contributed by atoms with E-state index < -0.39 is 10.0 Å². The number of sulfonamides is 1. The number of methoxy groups -OCH3 is 1. The van der Waals surface area contributed by atoms with Crippen LogP contribution in [0.2, 0.25) is 0 Å². The van der Waals surface area contributed by atoms with Crippen LogP contribution in [0.3, 0.4) is 0 Å². The highest BCUT2D eigenvalue weighted by Crippen LogP contribution is 2.48. The van der Waals surface area contributed by atoms with Gasteiger partial charge in [-0.05, 0) is 50.2 Å². The number of hydrogen-bond acceptors (Lipinski definition) is 4. The molecule has 0 spiro atoms. The molecule has 166 valence electrons. The topological polar surface area (TPSA) is 75.7 Å². The zero-order valence-corrected chi connectivity index (χ0v) is 18.8. The van der Waals surface area contributed by atoms with E-state index in [4.69, 9.17) is 4.74 Å². The fraction of sp³-hybridized carbons (Fsp3) is 0.696. The zero-order chi connectivity index (χ0) is 21.2. The third-order valence-electron chi connectivity index (χ3n) is 7.54. The first-order valence-electron chi connectivity index (χ1n) is 11.4. The normalized spacial score (nSPS) is 27.8. The molecule has 1 heterocycles. The summed E-state index contributed by atoms with van der Waals surface area (Å²) in [5.74, 6) is 1.39. The Kier molecular flexibility index (Phi) is 6.39. The first kappa shape index (κ1) is 21.6. The Morgan fingerprint density at radius 3 is 2.70 bits per heavy atom. The van der Waals surface area contributed by atoms with Crippen molar-refractivity contribution in [2.24, 2.45) is 11.3 Å². The Morgan fingerprint density at radius 1 is 1.13 bits per heavy atom. The Morgan fingerprint density at radius 2 is 1.93 bits per heavy atom. The van der Waals surface area contributed by atoms with Crippen molar-refractivity contribution in [3.8, 4) is 5.75 Å². The van der Waals surface area contributed by atoms with E-state index in [0.717, 1.165) is 32.2 Å². The minimum absolute atomic E-state index is 0.144. The van der Waals surface area contributed by atoms with E-state index in [1.807, 2.05) is 0 Å². The fourth-order valence-corrected chi connectivity index (χ4v) is 7.01. The van der Waals surface area contributed by atoms with Gasteiger partial charge in [0.1, 0.15) is 5.75 Å². The van der Waals surface area contributed by atoms with Gasteiger partial charge in [0.05, 0.1) is 12.0 Å². The van der Waals surface area contributed by atoms with Crippen LogP contribution in [0.4, 0.5) is 0 Å². The number of nitrogens with one attached hydrogen (secondary N) is 1. The summed E-state index contributed by atoms with van der Waals surface area (Å²) in [5.41, 5.74) is -0.144. The van der Waals surface area contributed by atoms with E-state index in [2.05, 4.69) is 9.62 Å². The molecule has 1 aromatic rings. The highest BCUT2D eigenvalue weighted by Gasteiger charge is 2.50. The monoisotopic (exact) mass is 434 g/mol. The fourth-order valence-electron chi connectivity index (χ4n) is 5.83. The molecule has 30 heavy (non-hydrogen) atoms. The molecule has 7 heteroatoms. The van der Waals surface area contributed by atoms with Crippen molar-refractivity contribution in [1.82, 2.24) is 9.62 Å². The van der Waals surface area contributed by atoms with Crippen LogP contribution in [0.5, 0.6) is 5.75 Å². The Labute approximate surface area is 180 Å². The lowest BCUT2D eigenvalue weighted by Gasteiger charge is -2.47. The summed E-state index contributed by atoms with van der Waals surface area (Å²) in [5, 5.41) is 0. The molecule has 2 atom stereocenters. The predicted molar refractivity (Wildman–Crippen MR) is 116 cm³/mol. The predicted octanol–water partition coefficient (Wildman–Crippen LogP) is 3.72. The summed E-state index contributed by atoms with van der Waals surface area (Å²) in [6, 6.07) is 6.73. The molecule has 4 rings (SSSR count). The van der Waals surface area contributed by atoms with Crippen LogP contribution < -0.4 is 9.46 Å². The van der Waals surface area contributed by atoms with Crippen LogP contribution in [0.25, 0.3) is 0 Å². The summed E-state index contributed by atoms with van der Waals surface area (Å²) < 4.78 is 33.9. The SMILES string of the molecule is COc1cccc(S(=O)(=O)NC[C@@]23CCC[C@H]2N(CC2CCCCC2)C(=O)CC3)c1. The van der Waals surface area contributed by atoms with E-state index in [0.29, 0.717) is 24.6 Å². The van der Waals surface area contributed by atoms with E-state index in [1.165, 1.54) is 39.2 Å². The number of benzene rings is 1. The van der Waals surface area contributed by atoms with Crippen LogP contribution >= 0.6 is 0 Å². The minimum Gasteiger partial charge on any atom is -0.497 e. The van der Waals surface area contributed by atoms with Gasteiger partial charge in [-0.3, -0.25) is 4.79 Å². The van der Waals surface area contributed by atoms with Gasteiger partial charge in [0.2, 0.25) is 15.9 Å². The molecule has 0 aromatic heterocycles. The lowest BCUT2D eigenvalue weighted by molar-refractivity contribution is -0.142. The second kappa shape index (κ2) is 8.87. The second-order valence-electron chi connectivity index (χ2n) is 9.32. The molecule has 1 saturated heterocycles. The first-order chi connectivity index (χ1) is 14.4. The number of piperidine rings is 1. The molecule has 6 nitrogen and oxygen atoms in total. The van der Waals surface area contributed by atoms with Gasteiger partial charge >= 0.3 is 0 Å². The molecule has 1 aliphatic heterocycles. The number of amides is 1. The number of nitrogens with zero attached hydrogens (tertiary/aromatic N) is 1. The second-order valence-corrected chi connectivity index (χ2v) is 11.1. The molecule has 1 N–H and O–H groups in total. The number of carbonyl (C=O) groups excluding carboxylic acids is 1. The van der Waals surface area contributed by atoms with Gasteiger partial charge in [-0.15, -0.1) is 0 Å². The van der Waals surface area contributed by atoms with Crippen LogP contribution in [0.1, 0.15) is 64.2 Å². The van der Waals surface area contributed by atoms with Crippen LogP contribution in [-0.2, 0) is 14.8 Å². The van der Waals surface area contributed by atoms with Gasteiger partial charge in [0, 0.05) is 37.0 Å². The zero-order valence-electron chi connectivity index (χ0n) is 17.9. The average molecular weight is 435 g/mol. The lowest BCUT2D eigenvalue weighted by atomic mass is 9.74. The number of fused-ring (bicyclic) bond motifs is 1. The van der Waals surface area contributed by atoms with Gasteiger partial charge < -0.3 is 9.64 Å². The molecule has 0 bridgehead atoms. The summed E-state index contributed by atoms with van der Waals surface area (Å²) in [4.78, 5) is 15.2. The molecule has 3 aliphatic rings. The van der Waals surface area contributed by atoms with Crippen molar-refractivity contribution in [1.29, 1.82) is 0 Å². The van der Waals surface area contributed by atoms with Gasteiger partial charge in [-0.25, -0.2) is 13.1 Å². The molecular weight excluding hydrogens is 400 g/mol. The number of carbonyl (C=O) groups is 1. The average Bonchev–Trinajstić information content (AvgIpc) is 3.20. The minimum atomic E-state index is -3.63. The highest BCUT2D eigenvalue weighted by molar-refractivity contribution is 7.89. The molecule has 0 unspecified atom stereocenters. The van der Waals surface area contributed by atoms with Gasteiger partial charge in [0.15, 0.2) is 0 Å². The molecule has 1 aromatic carbocycles. The van der Waals surface area contributed by atoms with Crippen molar-refractivity contribution < 1.29 is 17.9 Å². The van der Waals surface area contributed by atoms with Crippen LogP contribution in [0, 0.1) is 11.3 Å². The Balaban J connectivity index is 1.48. The lowest BCUT2D eigenvalue weighted by Crippen LogP contribution is -2.57. The van der Waals surface area contributed by atoms with Gasteiger partial charge in [0.25, 0.3) is 0 Å². The largest absolute Gasteiger partial charge is 0.497 e. The molecule has 3 fully saturated rings. The maximum absolute atomic E-state index is 12.9. The standard InChI is InChI=1S/C23H34N2O4S/c1-29-19-9-5-10-20(15-19)30(27,28)24-17-23-13-6-11-21(23)25(22(26)12-14-23)16-18-7-3-2-4-8-18/h5,9-10,15,18,21,24H,2-4,6-8,11-14,16-17H2,1H3/t21-,23+/m1/s1. The summed E-state index contributed by atoms with van der Waals surface area (Å²) in [6.07, 6.45) is 10.6. The van der Waals surface area contributed by atoms with Crippen molar-refractivity contribution in [2.45, 2.75) is 75.1 Å². The molecule has 2 saturated carbocycles. The third-order valence-corrected chi connectivity index (χ3v) is 8.94. The van der Waals surface area contributed by atoms with E-state index in [1.54, 1.807) is 24.3 Å². The Hall–Kier alpha value is -1.60. The van der Waals surface area contributed by atoms with Crippen molar-refractivity contribution in [3.05, 3.63) is 24.3 Å².